The molecule has 1 aliphatic rings. The SMILES string of the molecule is CCCC1=C(Br)C(=O)C[C@H](Cc2ccccc2)N1C(=O)OC(C)(C)C. The van der Waals surface area contributed by atoms with Gasteiger partial charge in [-0.15, -0.1) is 0 Å². The van der Waals surface area contributed by atoms with Crippen LogP contribution in [0.1, 0.15) is 52.5 Å². The Kier molecular flexibility index (Phi) is 6.44. The average Bonchev–Trinajstić information content (AvgIpc) is 2.51. The topological polar surface area (TPSA) is 46.6 Å². The van der Waals surface area contributed by atoms with Crippen molar-refractivity contribution >= 4 is 27.8 Å². The maximum atomic E-state index is 12.9. The van der Waals surface area contributed by atoms with Crippen LogP contribution in [0.15, 0.2) is 40.5 Å². The molecule has 2 rings (SSSR count). The molecule has 1 amide bonds. The Balaban J connectivity index is 2.38. The third kappa shape index (κ3) is 5.18. The van der Waals surface area contributed by atoms with Gasteiger partial charge in [0.15, 0.2) is 5.78 Å². The number of hydrogen-bond acceptors (Lipinski definition) is 3. The summed E-state index contributed by atoms with van der Waals surface area (Å²) in [5.74, 6) is 0.0455. The van der Waals surface area contributed by atoms with Gasteiger partial charge in [-0.3, -0.25) is 9.69 Å². The molecular formula is C20H26BrNO3. The van der Waals surface area contributed by atoms with Gasteiger partial charge < -0.3 is 4.74 Å². The lowest BCUT2D eigenvalue weighted by atomic mass is 9.94. The molecule has 1 aromatic rings. The summed E-state index contributed by atoms with van der Waals surface area (Å²) in [7, 11) is 0. The predicted octanol–water partition coefficient (Wildman–Crippen LogP) is 5.21. The summed E-state index contributed by atoms with van der Waals surface area (Å²) in [5, 5.41) is 0. The zero-order valence-electron chi connectivity index (χ0n) is 15.3. The normalized spacial score (nSPS) is 18.5. The number of allylic oxidation sites excluding steroid dienone is 2. The molecule has 136 valence electrons. The first-order chi connectivity index (χ1) is 11.7. The van der Waals surface area contributed by atoms with Crippen molar-refractivity contribution in [2.45, 2.75) is 65.0 Å². The molecule has 0 saturated carbocycles. The maximum absolute atomic E-state index is 12.9. The van der Waals surface area contributed by atoms with Crippen LogP contribution < -0.4 is 0 Å². The second-order valence-electron chi connectivity index (χ2n) is 7.33. The highest BCUT2D eigenvalue weighted by molar-refractivity contribution is 9.12. The molecule has 4 nitrogen and oxygen atoms in total. The van der Waals surface area contributed by atoms with Crippen LogP contribution in [-0.2, 0) is 16.0 Å². The van der Waals surface area contributed by atoms with Crippen molar-refractivity contribution in [3.63, 3.8) is 0 Å². The second-order valence-corrected chi connectivity index (χ2v) is 8.12. The number of carbonyl (C=O) groups excluding carboxylic acids is 2. The lowest BCUT2D eigenvalue weighted by Crippen LogP contribution is -2.47. The van der Waals surface area contributed by atoms with Gasteiger partial charge in [0.2, 0.25) is 0 Å². The van der Waals surface area contributed by atoms with Crippen molar-refractivity contribution in [1.29, 1.82) is 0 Å². The number of amides is 1. The molecule has 5 heteroatoms. The molecule has 0 fully saturated rings. The van der Waals surface area contributed by atoms with Gasteiger partial charge in [0.05, 0.1) is 10.5 Å². The van der Waals surface area contributed by atoms with Crippen molar-refractivity contribution in [1.82, 2.24) is 4.90 Å². The molecule has 1 atom stereocenters. The Morgan fingerprint density at radius 3 is 2.48 bits per heavy atom. The summed E-state index contributed by atoms with van der Waals surface area (Å²) in [6.45, 7) is 7.59. The maximum Gasteiger partial charge on any atom is 0.414 e. The van der Waals surface area contributed by atoms with Crippen LogP contribution in [-0.4, -0.2) is 28.4 Å². The van der Waals surface area contributed by atoms with E-state index in [0.29, 0.717) is 23.7 Å². The van der Waals surface area contributed by atoms with Crippen molar-refractivity contribution in [3.8, 4) is 0 Å². The molecule has 0 radical (unpaired) electrons. The molecule has 0 N–H and O–H groups in total. The summed E-state index contributed by atoms with van der Waals surface area (Å²) >= 11 is 3.40. The first-order valence-corrected chi connectivity index (χ1v) is 9.50. The molecule has 0 bridgehead atoms. The van der Waals surface area contributed by atoms with E-state index in [4.69, 9.17) is 4.74 Å². The zero-order chi connectivity index (χ0) is 18.6. The van der Waals surface area contributed by atoms with Crippen molar-refractivity contribution < 1.29 is 14.3 Å². The summed E-state index contributed by atoms with van der Waals surface area (Å²) in [6, 6.07) is 9.70. The standard InChI is InChI=1S/C20H26BrNO3/c1-5-9-16-18(21)17(23)13-15(12-14-10-7-6-8-11-14)22(16)19(24)25-20(2,3)4/h6-8,10-11,15H,5,9,12-13H2,1-4H3/t15-/m0/s1. The average molecular weight is 408 g/mol. The van der Waals surface area contributed by atoms with Gasteiger partial charge in [0.25, 0.3) is 0 Å². The van der Waals surface area contributed by atoms with Crippen LogP contribution in [0, 0.1) is 0 Å². The smallest absolute Gasteiger partial charge is 0.414 e. The van der Waals surface area contributed by atoms with Crippen LogP contribution in [0.3, 0.4) is 0 Å². The van der Waals surface area contributed by atoms with Crippen LogP contribution in [0.4, 0.5) is 4.79 Å². The molecule has 0 unspecified atom stereocenters. The first kappa shape index (κ1) is 19.7. The van der Waals surface area contributed by atoms with E-state index in [9.17, 15) is 9.59 Å². The van der Waals surface area contributed by atoms with E-state index < -0.39 is 5.60 Å². The largest absolute Gasteiger partial charge is 0.443 e. The Bertz CT molecular complexity index is 661. The van der Waals surface area contributed by atoms with Crippen molar-refractivity contribution in [3.05, 3.63) is 46.1 Å². The Morgan fingerprint density at radius 2 is 1.92 bits per heavy atom. The zero-order valence-corrected chi connectivity index (χ0v) is 16.9. The molecule has 25 heavy (non-hydrogen) atoms. The number of ether oxygens (including phenoxy) is 1. The molecule has 0 aromatic heterocycles. The summed E-state index contributed by atoms with van der Waals surface area (Å²) in [6.07, 6.45) is 2.02. The van der Waals surface area contributed by atoms with E-state index in [1.165, 1.54) is 0 Å². The van der Waals surface area contributed by atoms with Crippen LogP contribution >= 0.6 is 15.9 Å². The Morgan fingerprint density at radius 1 is 1.28 bits per heavy atom. The Labute approximate surface area is 158 Å². The van der Waals surface area contributed by atoms with E-state index in [0.717, 1.165) is 17.7 Å². The highest BCUT2D eigenvalue weighted by Gasteiger charge is 2.38. The monoisotopic (exact) mass is 407 g/mol. The Hall–Kier alpha value is -1.62. The van der Waals surface area contributed by atoms with Gasteiger partial charge >= 0.3 is 6.09 Å². The van der Waals surface area contributed by atoms with E-state index in [2.05, 4.69) is 15.9 Å². The third-order valence-corrected chi connectivity index (χ3v) is 4.87. The van der Waals surface area contributed by atoms with Gasteiger partial charge in [-0.1, -0.05) is 43.7 Å². The molecule has 1 heterocycles. The molecule has 1 aliphatic heterocycles. The number of hydrogen-bond donors (Lipinski definition) is 0. The number of benzene rings is 1. The summed E-state index contributed by atoms with van der Waals surface area (Å²) < 4.78 is 6.13. The van der Waals surface area contributed by atoms with E-state index in [1.54, 1.807) is 4.90 Å². The minimum atomic E-state index is -0.584. The molecular weight excluding hydrogens is 382 g/mol. The van der Waals surface area contributed by atoms with Crippen LogP contribution in [0.5, 0.6) is 0 Å². The molecule has 1 aromatic carbocycles. The third-order valence-electron chi connectivity index (χ3n) is 3.97. The predicted molar refractivity (Wildman–Crippen MR) is 102 cm³/mol. The van der Waals surface area contributed by atoms with E-state index in [1.807, 2.05) is 58.0 Å². The van der Waals surface area contributed by atoms with Crippen LogP contribution in [0.2, 0.25) is 0 Å². The van der Waals surface area contributed by atoms with E-state index >= 15 is 0 Å². The number of carbonyl (C=O) groups is 2. The summed E-state index contributed by atoms with van der Waals surface area (Å²) in [4.78, 5) is 27.0. The van der Waals surface area contributed by atoms with Gasteiger partial charge in [-0.2, -0.15) is 0 Å². The van der Waals surface area contributed by atoms with Gasteiger partial charge in [0.1, 0.15) is 5.60 Å². The van der Waals surface area contributed by atoms with Crippen molar-refractivity contribution in [2.75, 3.05) is 0 Å². The fourth-order valence-corrected chi connectivity index (χ4v) is 3.52. The lowest BCUT2D eigenvalue weighted by molar-refractivity contribution is -0.116. The second kappa shape index (κ2) is 8.17. The fourth-order valence-electron chi connectivity index (χ4n) is 2.97. The van der Waals surface area contributed by atoms with Gasteiger partial charge in [0, 0.05) is 12.1 Å². The number of ketones is 1. The minimum Gasteiger partial charge on any atom is -0.443 e. The highest BCUT2D eigenvalue weighted by Crippen LogP contribution is 2.34. The number of nitrogens with zero attached hydrogens (tertiary/aromatic N) is 1. The highest BCUT2D eigenvalue weighted by atomic mass is 79.9. The van der Waals surface area contributed by atoms with E-state index in [-0.39, 0.29) is 17.9 Å². The minimum absolute atomic E-state index is 0.0455. The number of halogens is 1. The first-order valence-electron chi connectivity index (χ1n) is 8.71. The number of Topliss-reactive ketones (excluding diaryl/α,β-unsaturated/α-hetero) is 1. The molecule has 0 spiro atoms. The van der Waals surface area contributed by atoms with Crippen molar-refractivity contribution in [2.24, 2.45) is 0 Å². The van der Waals surface area contributed by atoms with Crippen LogP contribution in [0.25, 0.3) is 0 Å². The quantitative estimate of drug-likeness (QED) is 0.687. The molecule has 0 saturated heterocycles. The van der Waals surface area contributed by atoms with Gasteiger partial charge in [-0.25, -0.2) is 4.79 Å². The van der Waals surface area contributed by atoms with Gasteiger partial charge in [-0.05, 0) is 55.1 Å². The lowest BCUT2D eigenvalue weighted by Gasteiger charge is -2.38. The molecule has 0 aliphatic carbocycles. The number of rotatable bonds is 4. The summed E-state index contributed by atoms with van der Waals surface area (Å²) in [5.41, 5.74) is 1.25. The fraction of sp³-hybridized carbons (Fsp3) is 0.500.